The van der Waals surface area contributed by atoms with Crippen LogP contribution in [0.5, 0.6) is 5.75 Å². The van der Waals surface area contributed by atoms with Crippen molar-refractivity contribution in [3.05, 3.63) is 29.1 Å². The Balaban J connectivity index is 3.26. The van der Waals surface area contributed by atoms with Crippen LogP contribution in [0.25, 0.3) is 0 Å². The van der Waals surface area contributed by atoms with Crippen LogP contribution in [0.15, 0.2) is 12.1 Å². The highest BCUT2D eigenvalue weighted by Crippen LogP contribution is 2.24. The molecule has 15 heavy (non-hydrogen) atoms. The first-order valence-corrected chi connectivity index (χ1v) is 4.06. The highest BCUT2D eigenvalue weighted by molar-refractivity contribution is 5.92. The van der Waals surface area contributed by atoms with E-state index in [1.165, 1.54) is 6.07 Å². The summed E-state index contributed by atoms with van der Waals surface area (Å²) in [7, 11) is 1.12. The number of nitrogens with zero attached hydrogens (tertiary/aromatic N) is 1. The van der Waals surface area contributed by atoms with Crippen molar-refractivity contribution in [3.63, 3.8) is 0 Å². The molecule has 0 aliphatic heterocycles. The van der Waals surface area contributed by atoms with Gasteiger partial charge in [0.05, 0.1) is 19.6 Å². The molecule has 0 fully saturated rings. The van der Waals surface area contributed by atoms with Crippen molar-refractivity contribution in [3.8, 4) is 11.8 Å². The summed E-state index contributed by atoms with van der Waals surface area (Å²) in [5.41, 5.74) is 0.0379. The van der Waals surface area contributed by atoms with Gasteiger partial charge in [-0.2, -0.15) is 5.26 Å². The SMILES string of the molecule is COC(=O)c1cc(CC#N)cc(F)c1O. The molecule has 5 heteroatoms. The van der Waals surface area contributed by atoms with E-state index in [0.717, 1.165) is 13.2 Å². The molecule has 0 spiro atoms. The fourth-order valence-electron chi connectivity index (χ4n) is 1.11. The Morgan fingerprint density at radius 3 is 2.87 bits per heavy atom. The van der Waals surface area contributed by atoms with E-state index < -0.39 is 17.5 Å². The standard InChI is InChI=1S/C10H8FNO3/c1-15-10(14)7-4-6(2-3-12)5-8(11)9(7)13/h4-5,13H,2H2,1H3. The maximum Gasteiger partial charge on any atom is 0.341 e. The second-order valence-corrected chi connectivity index (χ2v) is 2.80. The zero-order chi connectivity index (χ0) is 11.4. The lowest BCUT2D eigenvalue weighted by Gasteiger charge is -2.05. The van der Waals surface area contributed by atoms with E-state index in [4.69, 9.17) is 5.26 Å². The zero-order valence-corrected chi connectivity index (χ0v) is 7.95. The Kier molecular flexibility index (Phi) is 3.24. The molecule has 78 valence electrons. The van der Waals surface area contributed by atoms with Crippen LogP contribution in [-0.4, -0.2) is 18.2 Å². The van der Waals surface area contributed by atoms with Gasteiger partial charge in [-0.3, -0.25) is 0 Å². The second kappa shape index (κ2) is 4.42. The Bertz CT molecular complexity index is 437. The van der Waals surface area contributed by atoms with Crippen molar-refractivity contribution in [2.24, 2.45) is 0 Å². The van der Waals surface area contributed by atoms with Gasteiger partial charge in [-0.05, 0) is 17.7 Å². The number of nitriles is 1. The van der Waals surface area contributed by atoms with Crippen LogP contribution in [0.3, 0.4) is 0 Å². The number of carbonyl (C=O) groups excluding carboxylic acids is 1. The summed E-state index contributed by atoms with van der Waals surface area (Å²) in [5, 5.41) is 17.6. The Hall–Kier alpha value is -2.09. The number of esters is 1. The molecule has 0 aromatic heterocycles. The first kappa shape index (κ1) is 11.0. The van der Waals surface area contributed by atoms with Gasteiger partial charge in [-0.25, -0.2) is 9.18 Å². The number of aromatic hydroxyl groups is 1. The maximum absolute atomic E-state index is 13.1. The van der Waals surface area contributed by atoms with Crippen molar-refractivity contribution in [1.82, 2.24) is 0 Å². The molecule has 0 unspecified atom stereocenters. The van der Waals surface area contributed by atoms with E-state index in [-0.39, 0.29) is 12.0 Å². The number of benzene rings is 1. The van der Waals surface area contributed by atoms with Gasteiger partial charge in [0.15, 0.2) is 11.6 Å². The molecule has 0 heterocycles. The predicted molar refractivity (Wildman–Crippen MR) is 48.7 cm³/mol. The average molecular weight is 209 g/mol. The van der Waals surface area contributed by atoms with E-state index in [1.54, 1.807) is 0 Å². The summed E-state index contributed by atoms with van der Waals surface area (Å²) in [6.07, 6.45) is -0.0405. The van der Waals surface area contributed by atoms with Gasteiger partial charge in [0, 0.05) is 0 Å². The van der Waals surface area contributed by atoms with Gasteiger partial charge in [-0.1, -0.05) is 0 Å². The Morgan fingerprint density at radius 1 is 1.67 bits per heavy atom. The van der Waals surface area contributed by atoms with Gasteiger partial charge >= 0.3 is 5.97 Å². The van der Waals surface area contributed by atoms with Gasteiger partial charge in [-0.15, -0.1) is 0 Å². The highest BCUT2D eigenvalue weighted by Gasteiger charge is 2.16. The topological polar surface area (TPSA) is 70.3 Å². The molecule has 0 saturated carbocycles. The van der Waals surface area contributed by atoms with Crippen LogP contribution in [-0.2, 0) is 11.2 Å². The third-order valence-electron chi connectivity index (χ3n) is 1.81. The molecule has 0 bridgehead atoms. The molecule has 4 nitrogen and oxygen atoms in total. The number of phenolic OH excluding ortho intramolecular Hbond substituents is 1. The third-order valence-corrected chi connectivity index (χ3v) is 1.81. The first-order valence-electron chi connectivity index (χ1n) is 4.06. The quantitative estimate of drug-likeness (QED) is 0.747. The molecule has 0 atom stereocenters. The van der Waals surface area contributed by atoms with Crippen LogP contribution < -0.4 is 0 Å². The molecule has 1 aromatic carbocycles. The van der Waals surface area contributed by atoms with E-state index in [2.05, 4.69) is 4.74 Å². The summed E-state index contributed by atoms with van der Waals surface area (Å²) in [6.45, 7) is 0. The zero-order valence-electron chi connectivity index (χ0n) is 7.95. The average Bonchev–Trinajstić information content (AvgIpc) is 2.22. The third kappa shape index (κ3) is 2.23. The maximum atomic E-state index is 13.1. The number of hydrogen-bond acceptors (Lipinski definition) is 4. The Morgan fingerprint density at radius 2 is 2.33 bits per heavy atom. The van der Waals surface area contributed by atoms with Crippen LogP contribution in [0.1, 0.15) is 15.9 Å². The number of rotatable bonds is 2. The summed E-state index contributed by atoms with van der Waals surface area (Å²) in [6, 6.07) is 4.05. The molecule has 0 aliphatic rings. The fraction of sp³-hybridized carbons (Fsp3) is 0.200. The Labute approximate surface area is 85.5 Å². The van der Waals surface area contributed by atoms with Crippen molar-refractivity contribution in [2.75, 3.05) is 7.11 Å². The minimum Gasteiger partial charge on any atom is -0.504 e. The normalized spacial score (nSPS) is 9.40. The lowest BCUT2D eigenvalue weighted by Crippen LogP contribution is -2.04. The van der Waals surface area contributed by atoms with Crippen LogP contribution in [0, 0.1) is 17.1 Å². The number of carbonyl (C=O) groups is 1. The van der Waals surface area contributed by atoms with E-state index in [9.17, 15) is 14.3 Å². The summed E-state index contributed by atoms with van der Waals surface area (Å²) in [4.78, 5) is 11.1. The van der Waals surface area contributed by atoms with E-state index in [1.807, 2.05) is 6.07 Å². The molecular formula is C10H8FNO3. The molecule has 0 aliphatic carbocycles. The lowest BCUT2D eigenvalue weighted by atomic mass is 10.1. The lowest BCUT2D eigenvalue weighted by molar-refractivity contribution is 0.0596. The monoisotopic (exact) mass is 209 g/mol. The van der Waals surface area contributed by atoms with Crippen LogP contribution in [0.2, 0.25) is 0 Å². The van der Waals surface area contributed by atoms with Gasteiger partial charge in [0.25, 0.3) is 0 Å². The van der Waals surface area contributed by atoms with E-state index in [0.29, 0.717) is 5.56 Å². The van der Waals surface area contributed by atoms with Gasteiger partial charge in [0.1, 0.15) is 5.56 Å². The molecule has 1 rings (SSSR count). The summed E-state index contributed by atoms with van der Waals surface area (Å²) >= 11 is 0. The highest BCUT2D eigenvalue weighted by atomic mass is 19.1. The molecule has 1 aromatic rings. The summed E-state index contributed by atoms with van der Waals surface area (Å²) in [5.74, 6) is -2.54. The van der Waals surface area contributed by atoms with Crippen LogP contribution >= 0.6 is 0 Å². The minimum atomic E-state index is -0.942. The molecular weight excluding hydrogens is 201 g/mol. The number of phenols is 1. The van der Waals surface area contributed by atoms with Crippen molar-refractivity contribution in [2.45, 2.75) is 6.42 Å². The van der Waals surface area contributed by atoms with E-state index >= 15 is 0 Å². The van der Waals surface area contributed by atoms with Gasteiger partial charge < -0.3 is 9.84 Å². The van der Waals surface area contributed by atoms with Crippen molar-refractivity contribution in [1.29, 1.82) is 5.26 Å². The van der Waals surface area contributed by atoms with Crippen molar-refractivity contribution < 1.29 is 19.0 Å². The summed E-state index contributed by atoms with van der Waals surface area (Å²) < 4.78 is 17.4. The van der Waals surface area contributed by atoms with Crippen molar-refractivity contribution >= 4 is 5.97 Å². The van der Waals surface area contributed by atoms with Crippen LogP contribution in [0.4, 0.5) is 4.39 Å². The minimum absolute atomic E-state index is 0.0405. The number of halogens is 1. The molecule has 0 radical (unpaired) electrons. The molecule has 0 amide bonds. The largest absolute Gasteiger partial charge is 0.504 e. The smallest absolute Gasteiger partial charge is 0.341 e. The number of ether oxygens (including phenoxy) is 1. The molecule has 1 N–H and O–H groups in total. The predicted octanol–water partition coefficient (Wildman–Crippen LogP) is 1.38. The number of methoxy groups -OCH3 is 1. The second-order valence-electron chi connectivity index (χ2n) is 2.80. The number of hydrogen-bond donors (Lipinski definition) is 1. The first-order chi connectivity index (χ1) is 7.10. The fourth-order valence-corrected chi connectivity index (χ4v) is 1.11. The molecule has 0 saturated heterocycles. The van der Waals surface area contributed by atoms with Gasteiger partial charge in [0.2, 0.25) is 0 Å².